The fourth-order valence-electron chi connectivity index (χ4n) is 2.90. The van der Waals surface area contributed by atoms with Crippen molar-refractivity contribution in [3.05, 3.63) is 64.7 Å². The van der Waals surface area contributed by atoms with Gasteiger partial charge in [0.1, 0.15) is 0 Å². The number of hydrogen-bond acceptors (Lipinski definition) is 4. The number of nitriles is 1. The van der Waals surface area contributed by atoms with Crippen molar-refractivity contribution in [1.82, 2.24) is 0 Å². The van der Waals surface area contributed by atoms with Crippen LogP contribution in [0.25, 0.3) is 0 Å². The Hall–Kier alpha value is -3.13. The highest BCUT2D eigenvalue weighted by Gasteiger charge is 2.18. The van der Waals surface area contributed by atoms with Gasteiger partial charge in [-0.15, -0.1) is 0 Å². The van der Waals surface area contributed by atoms with E-state index in [1.165, 1.54) is 4.90 Å². The van der Waals surface area contributed by atoms with Gasteiger partial charge in [-0.1, -0.05) is 30.3 Å². The van der Waals surface area contributed by atoms with Crippen molar-refractivity contribution < 1.29 is 14.3 Å². The molecular formula is C22H24N2O3. The summed E-state index contributed by atoms with van der Waals surface area (Å²) in [5, 5.41) is 8.89. The third-order valence-electron chi connectivity index (χ3n) is 4.22. The number of carbonyl (C=O) groups is 2. The van der Waals surface area contributed by atoms with E-state index >= 15 is 0 Å². The Morgan fingerprint density at radius 2 is 1.74 bits per heavy atom. The van der Waals surface area contributed by atoms with Crippen molar-refractivity contribution in [3.8, 4) is 6.07 Å². The van der Waals surface area contributed by atoms with Crippen LogP contribution in [0.1, 0.15) is 28.7 Å². The quantitative estimate of drug-likeness (QED) is 0.703. The first-order valence-electron chi connectivity index (χ1n) is 8.86. The smallest absolute Gasteiger partial charge is 0.310 e. The predicted molar refractivity (Wildman–Crippen MR) is 104 cm³/mol. The molecule has 0 radical (unpaired) electrons. The second kappa shape index (κ2) is 9.54. The lowest BCUT2D eigenvalue weighted by Gasteiger charge is -2.22. The topological polar surface area (TPSA) is 70.4 Å². The van der Waals surface area contributed by atoms with Crippen molar-refractivity contribution in [2.75, 3.05) is 18.1 Å². The summed E-state index contributed by atoms with van der Waals surface area (Å²) >= 11 is 0. The van der Waals surface area contributed by atoms with E-state index < -0.39 is 5.97 Å². The minimum atomic E-state index is -0.446. The molecule has 0 heterocycles. The summed E-state index contributed by atoms with van der Waals surface area (Å²) in [6, 6.07) is 15.4. The number of nitrogens with zero attached hydrogens (tertiary/aromatic N) is 2. The number of esters is 1. The summed E-state index contributed by atoms with van der Waals surface area (Å²) in [7, 11) is 0. The number of aryl methyl sites for hydroxylation is 3. The largest absolute Gasteiger partial charge is 0.455 e. The molecule has 0 atom stereocenters. The van der Waals surface area contributed by atoms with Crippen molar-refractivity contribution in [3.63, 3.8) is 0 Å². The lowest BCUT2D eigenvalue weighted by molar-refractivity contribution is -0.147. The Balaban J connectivity index is 2.04. The lowest BCUT2D eigenvalue weighted by atomic mass is 10.1. The molecule has 0 fully saturated rings. The first-order chi connectivity index (χ1) is 12.9. The van der Waals surface area contributed by atoms with E-state index in [4.69, 9.17) is 10.00 Å². The van der Waals surface area contributed by atoms with Gasteiger partial charge in [0.15, 0.2) is 6.61 Å². The van der Waals surface area contributed by atoms with Crippen LogP contribution < -0.4 is 4.90 Å². The molecule has 2 rings (SSSR count). The summed E-state index contributed by atoms with van der Waals surface area (Å²) in [4.78, 5) is 26.2. The standard InChI is InChI=1S/C22H24N2O3/c1-16-11-17(2)13-20(12-16)24(10-6-9-23)21(25)15-27-22(26)14-19-8-5-4-7-18(19)3/h4-5,7-8,11-13H,6,10,14-15H2,1-3H3. The van der Waals surface area contributed by atoms with Crippen molar-refractivity contribution in [1.29, 1.82) is 5.26 Å². The Kier molecular flexibility index (Phi) is 7.13. The SMILES string of the molecule is Cc1cc(C)cc(N(CCC#N)C(=O)COC(=O)Cc2ccccc2C)c1. The summed E-state index contributed by atoms with van der Waals surface area (Å²) < 4.78 is 5.19. The molecule has 0 N–H and O–H groups in total. The Labute approximate surface area is 160 Å². The van der Waals surface area contributed by atoms with E-state index in [1.807, 2.05) is 63.2 Å². The van der Waals surface area contributed by atoms with Gasteiger partial charge in [-0.3, -0.25) is 9.59 Å². The Morgan fingerprint density at radius 3 is 2.37 bits per heavy atom. The van der Waals surface area contributed by atoms with Crippen LogP contribution >= 0.6 is 0 Å². The molecule has 5 heteroatoms. The molecule has 0 aromatic heterocycles. The molecule has 0 spiro atoms. The van der Waals surface area contributed by atoms with Gasteiger partial charge in [-0.05, 0) is 55.2 Å². The molecule has 140 valence electrons. The van der Waals surface area contributed by atoms with Gasteiger partial charge in [0.05, 0.1) is 18.9 Å². The second-order valence-electron chi connectivity index (χ2n) is 6.56. The molecule has 2 aromatic rings. The third-order valence-corrected chi connectivity index (χ3v) is 4.22. The van der Waals surface area contributed by atoms with Gasteiger partial charge >= 0.3 is 5.97 Å². The van der Waals surface area contributed by atoms with Gasteiger partial charge in [0, 0.05) is 12.2 Å². The molecule has 27 heavy (non-hydrogen) atoms. The minimum Gasteiger partial charge on any atom is -0.455 e. The molecule has 0 saturated heterocycles. The van der Waals surface area contributed by atoms with Gasteiger partial charge in [-0.25, -0.2) is 0 Å². The van der Waals surface area contributed by atoms with Crippen LogP contribution in [0.2, 0.25) is 0 Å². The zero-order valence-corrected chi connectivity index (χ0v) is 16.0. The molecule has 0 saturated carbocycles. The molecular weight excluding hydrogens is 340 g/mol. The van der Waals surface area contributed by atoms with Crippen molar-refractivity contribution in [2.45, 2.75) is 33.6 Å². The first kappa shape index (κ1) is 20.2. The second-order valence-corrected chi connectivity index (χ2v) is 6.56. The van der Waals surface area contributed by atoms with Crippen LogP contribution in [0.4, 0.5) is 5.69 Å². The van der Waals surface area contributed by atoms with Crippen LogP contribution in [0.3, 0.4) is 0 Å². The number of rotatable bonds is 7. The average molecular weight is 364 g/mol. The maximum absolute atomic E-state index is 12.6. The lowest BCUT2D eigenvalue weighted by Crippen LogP contribution is -2.35. The van der Waals surface area contributed by atoms with Gasteiger partial charge < -0.3 is 9.64 Å². The van der Waals surface area contributed by atoms with E-state index in [-0.39, 0.29) is 31.9 Å². The van der Waals surface area contributed by atoms with Crippen LogP contribution in [0.15, 0.2) is 42.5 Å². The number of ether oxygens (including phenoxy) is 1. The fourth-order valence-corrected chi connectivity index (χ4v) is 2.90. The highest BCUT2D eigenvalue weighted by atomic mass is 16.5. The fraction of sp³-hybridized carbons (Fsp3) is 0.318. The molecule has 1 amide bonds. The zero-order valence-electron chi connectivity index (χ0n) is 16.0. The maximum Gasteiger partial charge on any atom is 0.310 e. The number of benzene rings is 2. The van der Waals surface area contributed by atoms with Gasteiger partial charge in [0.2, 0.25) is 0 Å². The molecule has 0 aliphatic carbocycles. The third kappa shape index (κ3) is 5.96. The summed E-state index contributed by atoms with van der Waals surface area (Å²) in [6.45, 7) is 5.74. The highest BCUT2D eigenvalue weighted by molar-refractivity contribution is 5.95. The molecule has 0 aliphatic heterocycles. The number of amides is 1. The molecule has 0 aliphatic rings. The minimum absolute atomic E-state index is 0.127. The van der Waals surface area contributed by atoms with E-state index in [0.717, 1.165) is 22.3 Å². The van der Waals surface area contributed by atoms with E-state index in [0.29, 0.717) is 5.69 Å². The van der Waals surface area contributed by atoms with Gasteiger partial charge in [-0.2, -0.15) is 5.26 Å². The predicted octanol–water partition coefficient (Wildman–Crippen LogP) is 3.64. The normalized spacial score (nSPS) is 10.1. The van der Waals surface area contributed by atoms with Crippen LogP contribution in [0, 0.1) is 32.1 Å². The van der Waals surface area contributed by atoms with Crippen molar-refractivity contribution >= 4 is 17.6 Å². The Bertz CT molecular complexity index is 848. The zero-order chi connectivity index (χ0) is 19.8. The summed E-state index contributed by atoms with van der Waals surface area (Å²) in [5.41, 5.74) is 4.65. The van der Waals surface area contributed by atoms with Crippen LogP contribution in [-0.2, 0) is 20.7 Å². The molecule has 2 aromatic carbocycles. The monoisotopic (exact) mass is 364 g/mol. The number of hydrogen-bond donors (Lipinski definition) is 0. The van der Waals surface area contributed by atoms with E-state index in [1.54, 1.807) is 0 Å². The Morgan fingerprint density at radius 1 is 1.07 bits per heavy atom. The molecule has 0 unspecified atom stereocenters. The average Bonchev–Trinajstić information content (AvgIpc) is 2.61. The first-order valence-corrected chi connectivity index (χ1v) is 8.86. The van der Waals surface area contributed by atoms with E-state index in [9.17, 15) is 9.59 Å². The van der Waals surface area contributed by atoms with Crippen molar-refractivity contribution in [2.24, 2.45) is 0 Å². The van der Waals surface area contributed by atoms with E-state index in [2.05, 4.69) is 6.07 Å². The van der Waals surface area contributed by atoms with Crippen LogP contribution in [-0.4, -0.2) is 25.0 Å². The van der Waals surface area contributed by atoms with Crippen LogP contribution in [0.5, 0.6) is 0 Å². The van der Waals surface area contributed by atoms with Gasteiger partial charge in [0.25, 0.3) is 5.91 Å². The molecule has 0 bridgehead atoms. The summed E-state index contributed by atoms with van der Waals surface area (Å²) in [6.07, 6.45) is 0.331. The highest BCUT2D eigenvalue weighted by Crippen LogP contribution is 2.19. The molecule has 5 nitrogen and oxygen atoms in total. The number of anilines is 1. The maximum atomic E-state index is 12.6. The number of carbonyl (C=O) groups excluding carboxylic acids is 2. The summed E-state index contributed by atoms with van der Waals surface area (Å²) in [5.74, 6) is -0.785.